The van der Waals surface area contributed by atoms with Crippen LogP contribution in [-0.2, 0) is 4.74 Å². The fraction of sp³-hybridized carbons (Fsp3) is 0.222. The van der Waals surface area contributed by atoms with Gasteiger partial charge in [0.05, 0.1) is 22.7 Å². The van der Waals surface area contributed by atoms with E-state index >= 15 is 0 Å². The Morgan fingerprint density at radius 2 is 2.07 bits per heavy atom. The highest BCUT2D eigenvalue weighted by atomic mass is 35.5. The van der Waals surface area contributed by atoms with Gasteiger partial charge in [-0.2, -0.15) is 0 Å². The summed E-state index contributed by atoms with van der Waals surface area (Å²) in [6.45, 7) is 0. The zero-order valence-electron chi connectivity index (χ0n) is 7.64. The molecular weight excluding hydrogens is 243 g/mol. The second-order valence-electron chi connectivity index (χ2n) is 2.43. The molecule has 0 spiro atoms. The molecule has 2 nitrogen and oxygen atoms in total. The minimum Gasteiger partial charge on any atom is -0.465 e. The fourth-order valence-corrected chi connectivity index (χ4v) is 2.45. The average Bonchev–Trinajstić information content (AvgIpc) is 2.18. The van der Waals surface area contributed by atoms with Crippen molar-refractivity contribution in [3.8, 4) is 0 Å². The lowest BCUT2D eigenvalue weighted by Crippen LogP contribution is -2.02. The van der Waals surface area contributed by atoms with E-state index in [9.17, 15) is 4.79 Å². The Hall–Kier alpha value is -0.380. The molecule has 1 aromatic carbocycles. The van der Waals surface area contributed by atoms with E-state index in [2.05, 4.69) is 4.74 Å². The van der Waals surface area contributed by atoms with Crippen LogP contribution in [0.3, 0.4) is 0 Å². The number of carbonyl (C=O) groups excluding carboxylic acids is 1. The van der Waals surface area contributed by atoms with Gasteiger partial charge in [0, 0.05) is 4.90 Å². The molecule has 0 aromatic heterocycles. The van der Waals surface area contributed by atoms with E-state index in [0.717, 1.165) is 0 Å². The van der Waals surface area contributed by atoms with Gasteiger partial charge in [0.15, 0.2) is 0 Å². The maximum absolute atomic E-state index is 11.3. The van der Waals surface area contributed by atoms with Crippen LogP contribution in [0.2, 0.25) is 10.0 Å². The van der Waals surface area contributed by atoms with Crippen LogP contribution in [0.25, 0.3) is 0 Å². The number of halogens is 2. The number of carbonyl (C=O) groups is 1. The van der Waals surface area contributed by atoms with Crippen molar-refractivity contribution in [1.29, 1.82) is 0 Å². The second-order valence-corrected chi connectivity index (χ2v) is 4.04. The summed E-state index contributed by atoms with van der Waals surface area (Å²) in [6.07, 6.45) is 1.84. The first kappa shape index (κ1) is 11.7. The zero-order valence-corrected chi connectivity index (χ0v) is 9.96. The van der Waals surface area contributed by atoms with Crippen molar-refractivity contribution in [3.05, 3.63) is 27.7 Å². The second kappa shape index (κ2) is 4.91. The van der Waals surface area contributed by atoms with Gasteiger partial charge in [0.1, 0.15) is 0 Å². The van der Waals surface area contributed by atoms with Crippen molar-refractivity contribution < 1.29 is 9.53 Å². The molecule has 14 heavy (non-hydrogen) atoms. The standard InChI is InChI=1S/C9H8Cl2O2S/c1-13-9(12)5-3-4-6(10)8(14-2)7(5)11/h3-4H,1-2H3. The third-order valence-electron chi connectivity index (χ3n) is 1.66. The molecule has 0 saturated carbocycles. The molecule has 0 heterocycles. The number of methoxy groups -OCH3 is 1. The summed E-state index contributed by atoms with van der Waals surface area (Å²) >= 11 is 13.3. The molecular formula is C9H8Cl2O2S. The average molecular weight is 251 g/mol. The highest BCUT2D eigenvalue weighted by Crippen LogP contribution is 2.35. The normalized spacial score (nSPS) is 10.0. The van der Waals surface area contributed by atoms with Crippen LogP contribution >= 0.6 is 35.0 Å². The van der Waals surface area contributed by atoms with E-state index in [1.165, 1.54) is 18.9 Å². The fourth-order valence-electron chi connectivity index (χ4n) is 0.987. The number of hydrogen-bond donors (Lipinski definition) is 0. The Kier molecular flexibility index (Phi) is 4.11. The topological polar surface area (TPSA) is 26.3 Å². The summed E-state index contributed by atoms with van der Waals surface area (Å²) in [7, 11) is 1.31. The highest BCUT2D eigenvalue weighted by Gasteiger charge is 2.15. The largest absolute Gasteiger partial charge is 0.465 e. The van der Waals surface area contributed by atoms with Crippen LogP contribution in [0.1, 0.15) is 10.4 Å². The predicted molar refractivity (Wildman–Crippen MR) is 59.6 cm³/mol. The van der Waals surface area contributed by atoms with Gasteiger partial charge in [-0.05, 0) is 18.4 Å². The molecule has 76 valence electrons. The van der Waals surface area contributed by atoms with E-state index < -0.39 is 5.97 Å². The molecule has 0 unspecified atom stereocenters. The molecule has 1 rings (SSSR count). The van der Waals surface area contributed by atoms with Crippen molar-refractivity contribution in [2.75, 3.05) is 13.4 Å². The van der Waals surface area contributed by atoms with Gasteiger partial charge in [0.2, 0.25) is 0 Å². The Balaban J connectivity index is 3.28. The minimum absolute atomic E-state index is 0.336. The molecule has 5 heteroatoms. The van der Waals surface area contributed by atoms with E-state index in [1.807, 2.05) is 6.26 Å². The Morgan fingerprint density at radius 3 is 2.57 bits per heavy atom. The number of thioether (sulfide) groups is 1. The molecule has 0 amide bonds. The van der Waals surface area contributed by atoms with Crippen LogP contribution in [0, 0.1) is 0 Å². The minimum atomic E-state index is -0.457. The van der Waals surface area contributed by atoms with Crippen molar-refractivity contribution >= 4 is 40.9 Å². The molecule has 0 fully saturated rings. The number of ether oxygens (including phenoxy) is 1. The zero-order chi connectivity index (χ0) is 10.7. The number of esters is 1. The Labute approximate surface area is 96.5 Å². The van der Waals surface area contributed by atoms with Crippen molar-refractivity contribution in [2.45, 2.75) is 4.90 Å². The summed E-state index contributed by atoms with van der Waals surface area (Å²) in [5, 5.41) is 0.881. The maximum Gasteiger partial charge on any atom is 0.339 e. The number of hydrogen-bond acceptors (Lipinski definition) is 3. The Bertz CT molecular complexity index is 366. The maximum atomic E-state index is 11.3. The first-order chi connectivity index (χ1) is 6.61. The van der Waals surface area contributed by atoms with Crippen LogP contribution < -0.4 is 0 Å². The van der Waals surface area contributed by atoms with Crippen molar-refractivity contribution in [1.82, 2.24) is 0 Å². The van der Waals surface area contributed by atoms with Crippen LogP contribution in [0.4, 0.5) is 0 Å². The Morgan fingerprint density at radius 1 is 1.43 bits per heavy atom. The van der Waals surface area contributed by atoms with Gasteiger partial charge in [-0.3, -0.25) is 0 Å². The monoisotopic (exact) mass is 250 g/mol. The first-order valence-corrected chi connectivity index (χ1v) is 5.70. The highest BCUT2D eigenvalue weighted by molar-refractivity contribution is 7.98. The molecule has 0 aliphatic heterocycles. The summed E-state index contributed by atoms with van der Waals surface area (Å²) in [5.41, 5.74) is 0.336. The van der Waals surface area contributed by atoms with E-state index in [4.69, 9.17) is 23.2 Å². The van der Waals surface area contributed by atoms with Crippen LogP contribution in [0.15, 0.2) is 17.0 Å². The molecule has 0 N–H and O–H groups in total. The third kappa shape index (κ3) is 2.16. The van der Waals surface area contributed by atoms with Crippen molar-refractivity contribution in [3.63, 3.8) is 0 Å². The van der Waals surface area contributed by atoms with Crippen molar-refractivity contribution in [2.24, 2.45) is 0 Å². The van der Waals surface area contributed by atoms with Gasteiger partial charge in [-0.25, -0.2) is 4.79 Å². The lowest BCUT2D eigenvalue weighted by Gasteiger charge is -2.07. The number of benzene rings is 1. The van der Waals surface area contributed by atoms with E-state index in [1.54, 1.807) is 12.1 Å². The SMILES string of the molecule is COC(=O)c1ccc(Cl)c(SC)c1Cl. The molecule has 0 radical (unpaired) electrons. The summed E-state index contributed by atoms with van der Waals surface area (Å²) in [6, 6.07) is 3.18. The smallest absolute Gasteiger partial charge is 0.339 e. The quantitative estimate of drug-likeness (QED) is 0.594. The van der Waals surface area contributed by atoms with Gasteiger partial charge in [-0.1, -0.05) is 23.2 Å². The summed E-state index contributed by atoms with van der Waals surface area (Å²) in [5.74, 6) is -0.457. The molecule has 0 atom stereocenters. The molecule has 1 aromatic rings. The first-order valence-electron chi connectivity index (χ1n) is 3.72. The molecule has 0 aliphatic rings. The number of rotatable bonds is 2. The van der Waals surface area contributed by atoms with Crippen LogP contribution in [-0.4, -0.2) is 19.3 Å². The lowest BCUT2D eigenvalue weighted by atomic mass is 10.2. The lowest BCUT2D eigenvalue weighted by molar-refractivity contribution is 0.0600. The van der Waals surface area contributed by atoms with E-state index in [0.29, 0.717) is 20.5 Å². The van der Waals surface area contributed by atoms with Gasteiger partial charge >= 0.3 is 5.97 Å². The molecule has 0 saturated heterocycles. The predicted octanol–water partition coefficient (Wildman–Crippen LogP) is 3.50. The summed E-state index contributed by atoms with van der Waals surface area (Å²) in [4.78, 5) is 11.9. The van der Waals surface area contributed by atoms with E-state index in [-0.39, 0.29) is 0 Å². The van der Waals surface area contributed by atoms with Gasteiger partial charge < -0.3 is 4.74 Å². The molecule has 0 aliphatic carbocycles. The van der Waals surface area contributed by atoms with Gasteiger partial charge in [-0.15, -0.1) is 11.8 Å². The third-order valence-corrected chi connectivity index (χ3v) is 3.42. The van der Waals surface area contributed by atoms with Crippen LogP contribution in [0.5, 0.6) is 0 Å². The molecule has 0 bridgehead atoms. The summed E-state index contributed by atoms with van der Waals surface area (Å²) < 4.78 is 4.58. The van der Waals surface area contributed by atoms with Gasteiger partial charge in [0.25, 0.3) is 0 Å².